The molecule has 0 unspecified atom stereocenters. The summed E-state index contributed by atoms with van der Waals surface area (Å²) in [7, 11) is 0. The smallest absolute Gasteiger partial charge is 0.294 e. The van der Waals surface area contributed by atoms with E-state index in [2.05, 4.69) is 6.58 Å². The van der Waals surface area contributed by atoms with E-state index in [0.717, 1.165) is 15.3 Å². The zero-order chi connectivity index (χ0) is 12.3. The first-order valence-corrected chi connectivity index (χ1v) is 5.08. The van der Waals surface area contributed by atoms with Crippen molar-refractivity contribution in [3.8, 4) is 0 Å². The number of nitrogens with zero attached hydrogens (tertiary/aromatic N) is 2. The van der Waals surface area contributed by atoms with Crippen molar-refractivity contribution in [2.75, 3.05) is 0 Å². The van der Waals surface area contributed by atoms with Gasteiger partial charge in [-0.3, -0.25) is 13.9 Å². The van der Waals surface area contributed by atoms with E-state index in [1.54, 1.807) is 0 Å². The van der Waals surface area contributed by atoms with Crippen molar-refractivity contribution in [2.24, 2.45) is 5.92 Å². The second-order valence-corrected chi connectivity index (χ2v) is 4.01. The van der Waals surface area contributed by atoms with Crippen molar-refractivity contribution in [1.82, 2.24) is 9.13 Å². The standard InChI is InChI=1S/C11H15FN2O2/c1-4-5-13-7-9(12)10(15)14(11(13)16)6-8(2)3/h4,7-8H,1,5-6H2,2-3H3. The van der Waals surface area contributed by atoms with Gasteiger partial charge >= 0.3 is 5.69 Å². The molecule has 0 aliphatic heterocycles. The first-order valence-electron chi connectivity index (χ1n) is 5.08. The van der Waals surface area contributed by atoms with Crippen molar-refractivity contribution in [2.45, 2.75) is 26.9 Å². The van der Waals surface area contributed by atoms with Gasteiger partial charge < -0.3 is 0 Å². The molecule has 16 heavy (non-hydrogen) atoms. The summed E-state index contributed by atoms with van der Waals surface area (Å²) in [5.41, 5.74) is -1.36. The molecule has 0 aromatic carbocycles. The lowest BCUT2D eigenvalue weighted by atomic mass is 10.2. The van der Waals surface area contributed by atoms with Crippen molar-refractivity contribution in [3.05, 3.63) is 45.5 Å². The summed E-state index contributed by atoms with van der Waals surface area (Å²) in [6.45, 7) is 7.59. The topological polar surface area (TPSA) is 44.0 Å². The maximum atomic E-state index is 13.3. The monoisotopic (exact) mass is 226 g/mol. The van der Waals surface area contributed by atoms with Crippen LogP contribution in [0, 0.1) is 11.7 Å². The summed E-state index contributed by atoms with van der Waals surface area (Å²) in [4.78, 5) is 23.2. The third-order valence-electron chi connectivity index (χ3n) is 2.07. The van der Waals surface area contributed by atoms with E-state index >= 15 is 0 Å². The van der Waals surface area contributed by atoms with Gasteiger partial charge in [0.25, 0.3) is 5.56 Å². The number of hydrogen-bond acceptors (Lipinski definition) is 2. The van der Waals surface area contributed by atoms with Crippen LogP contribution in [0.25, 0.3) is 0 Å². The Labute approximate surface area is 92.6 Å². The number of halogens is 1. The highest BCUT2D eigenvalue weighted by Gasteiger charge is 2.11. The summed E-state index contributed by atoms with van der Waals surface area (Å²) in [5.74, 6) is -0.813. The maximum absolute atomic E-state index is 13.3. The van der Waals surface area contributed by atoms with Crippen LogP contribution in [-0.2, 0) is 13.1 Å². The highest BCUT2D eigenvalue weighted by atomic mass is 19.1. The van der Waals surface area contributed by atoms with Crippen LogP contribution in [0.5, 0.6) is 0 Å². The quantitative estimate of drug-likeness (QED) is 0.719. The largest absolute Gasteiger partial charge is 0.331 e. The van der Waals surface area contributed by atoms with E-state index in [1.807, 2.05) is 13.8 Å². The van der Waals surface area contributed by atoms with E-state index in [9.17, 15) is 14.0 Å². The molecule has 0 spiro atoms. The Balaban J connectivity index is 3.39. The average Bonchev–Trinajstić information content (AvgIpc) is 2.21. The van der Waals surface area contributed by atoms with E-state index in [4.69, 9.17) is 0 Å². The van der Waals surface area contributed by atoms with E-state index in [0.29, 0.717) is 0 Å². The second-order valence-electron chi connectivity index (χ2n) is 4.01. The van der Waals surface area contributed by atoms with Crippen LogP contribution < -0.4 is 11.2 Å². The molecule has 0 aliphatic carbocycles. The highest BCUT2D eigenvalue weighted by molar-refractivity contribution is 4.92. The van der Waals surface area contributed by atoms with Gasteiger partial charge in [0.05, 0.1) is 6.20 Å². The first-order chi connectivity index (χ1) is 7.47. The highest BCUT2D eigenvalue weighted by Crippen LogP contribution is 1.94. The van der Waals surface area contributed by atoms with Gasteiger partial charge in [0.15, 0.2) is 0 Å². The Morgan fingerprint density at radius 2 is 2.12 bits per heavy atom. The van der Waals surface area contributed by atoms with Gasteiger partial charge in [-0.2, -0.15) is 4.39 Å². The molecule has 1 aromatic heterocycles. The summed E-state index contributed by atoms with van der Waals surface area (Å²) in [5, 5.41) is 0. The summed E-state index contributed by atoms with van der Waals surface area (Å²) in [6, 6.07) is 0. The number of hydrogen-bond donors (Lipinski definition) is 0. The molecule has 0 fully saturated rings. The lowest BCUT2D eigenvalue weighted by Crippen LogP contribution is -2.42. The molecular formula is C11H15FN2O2. The number of rotatable bonds is 4. The Morgan fingerprint density at radius 3 is 2.62 bits per heavy atom. The molecule has 1 rings (SSSR count). The predicted octanol–water partition coefficient (Wildman–Crippen LogP) is 0.991. The Bertz CT molecular complexity index is 500. The van der Waals surface area contributed by atoms with Crippen LogP contribution in [0.15, 0.2) is 28.4 Å². The fourth-order valence-electron chi connectivity index (χ4n) is 1.41. The molecule has 0 amide bonds. The normalized spacial score (nSPS) is 10.8. The van der Waals surface area contributed by atoms with Crippen LogP contribution in [0.2, 0.25) is 0 Å². The van der Waals surface area contributed by atoms with Crippen LogP contribution in [0.4, 0.5) is 4.39 Å². The number of aromatic nitrogens is 2. The molecule has 88 valence electrons. The van der Waals surface area contributed by atoms with Gasteiger partial charge in [-0.15, -0.1) is 6.58 Å². The predicted molar refractivity (Wildman–Crippen MR) is 60.0 cm³/mol. The number of allylic oxidation sites excluding steroid dienone is 1. The van der Waals surface area contributed by atoms with Gasteiger partial charge in [0.2, 0.25) is 5.82 Å². The van der Waals surface area contributed by atoms with Gasteiger partial charge in [-0.1, -0.05) is 19.9 Å². The maximum Gasteiger partial charge on any atom is 0.331 e. The van der Waals surface area contributed by atoms with Crippen LogP contribution in [0.3, 0.4) is 0 Å². The molecule has 0 radical (unpaired) electrons. The Kier molecular flexibility index (Phi) is 3.82. The molecule has 5 heteroatoms. The van der Waals surface area contributed by atoms with Gasteiger partial charge in [-0.25, -0.2) is 4.79 Å². The second kappa shape index (κ2) is 4.92. The molecule has 0 saturated carbocycles. The van der Waals surface area contributed by atoms with Crippen molar-refractivity contribution in [3.63, 3.8) is 0 Å². The van der Waals surface area contributed by atoms with E-state index < -0.39 is 17.1 Å². The molecule has 0 aliphatic rings. The van der Waals surface area contributed by atoms with Crippen LogP contribution in [-0.4, -0.2) is 9.13 Å². The van der Waals surface area contributed by atoms with E-state index in [1.165, 1.54) is 6.08 Å². The molecule has 4 nitrogen and oxygen atoms in total. The van der Waals surface area contributed by atoms with E-state index in [-0.39, 0.29) is 19.0 Å². The molecule has 1 heterocycles. The summed E-state index contributed by atoms with van der Waals surface area (Å²) < 4.78 is 15.3. The Morgan fingerprint density at radius 1 is 1.50 bits per heavy atom. The zero-order valence-corrected chi connectivity index (χ0v) is 9.44. The molecule has 0 saturated heterocycles. The van der Waals surface area contributed by atoms with Crippen LogP contribution in [0.1, 0.15) is 13.8 Å². The van der Waals surface area contributed by atoms with Gasteiger partial charge in [0.1, 0.15) is 0 Å². The molecule has 0 N–H and O–H groups in total. The average molecular weight is 226 g/mol. The summed E-state index contributed by atoms with van der Waals surface area (Å²) >= 11 is 0. The van der Waals surface area contributed by atoms with Gasteiger partial charge in [0, 0.05) is 13.1 Å². The SMILES string of the molecule is C=CCn1cc(F)c(=O)n(CC(C)C)c1=O. The van der Waals surface area contributed by atoms with Crippen molar-refractivity contribution >= 4 is 0 Å². The minimum atomic E-state index is -0.915. The Hall–Kier alpha value is -1.65. The van der Waals surface area contributed by atoms with Crippen molar-refractivity contribution in [1.29, 1.82) is 0 Å². The molecule has 0 atom stereocenters. The molecule has 0 bridgehead atoms. The third-order valence-corrected chi connectivity index (χ3v) is 2.07. The third kappa shape index (κ3) is 2.48. The zero-order valence-electron chi connectivity index (χ0n) is 9.44. The molecular weight excluding hydrogens is 211 g/mol. The molecule has 1 aromatic rings. The minimum Gasteiger partial charge on any atom is -0.294 e. The van der Waals surface area contributed by atoms with Gasteiger partial charge in [-0.05, 0) is 5.92 Å². The minimum absolute atomic E-state index is 0.101. The van der Waals surface area contributed by atoms with Crippen LogP contribution >= 0.6 is 0 Å². The fraction of sp³-hybridized carbons (Fsp3) is 0.455. The lowest BCUT2D eigenvalue weighted by Gasteiger charge is -2.10. The lowest BCUT2D eigenvalue weighted by molar-refractivity contribution is 0.446. The summed E-state index contributed by atoms with van der Waals surface area (Å²) in [6.07, 6.45) is 2.40. The first kappa shape index (κ1) is 12.4. The fourth-order valence-corrected chi connectivity index (χ4v) is 1.41. The van der Waals surface area contributed by atoms with Crippen molar-refractivity contribution < 1.29 is 4.39 Å².